The number of rotatable bonds is 7. The molecule has 1 aliphatic rings. The molecule has 3 amide bonds. The van der Waals surface area contributed by atoms with Gasteiger partial charge >= 0.3 is 0 Å². The average molecular weight is 352 g/mol. The Kier molecular flexibility index (Phi) is 6.72. The number of nitrogens with one attached hydrogen (secondary N) is 2. The molecular weight excluding hydrogens is 328 g/mol. The second-order valence-corrected chi connectivity index (χ2v) is 6.98. The second kappa shape index (κ2) is 8.77. The zero-order valence-corrected chi connectivity index (χ0v) is 14.7. The minimum atomic E-state index is -0.948. The lowest BCUT2D eigenvalue weighted by atomic mass is 9.90. The van der Waals surface area contributed by atoms with Crippen LogP contribution in [-0.2, 0) is 20.8 Å². The third-order valence-electron chi connectivity index (χ3n) is 4.17. The summed E-state index contributed by atoms with van der Waals surface area (Å²) in [5.74, 6) is -0.917. The van der Waals surface area contributed by atoms with Crippen molar-refractivity contribution in [1.82, 2.24) is 15.6 Å². The van der Waals surface area contributed by atoms with Crippen molar-refractivity contribution in [3.05, 3.63) is 16.1 Å². The van der Waals surface area contributed by atoms with E-state index in [1.165, 1.54) is 26.3 Å². The maximum Gasteiger partial charge on any atom is 0.242 e. The molecule has 24 heavy (non-hydrogen) atoms. The van der Waals surface area contributed by atoms with Crippen molar-refractivity contribution >= 4 is 29.1 Å². The molecule has 1 fully saturated rings. The quantitative estimate of drug-likeness (QED) is 0.674. The first-order chi connectivity index (χ1) is 11.5. The highest BCUT2D eigenvalue weighted by Crippen LogP contribution is 2.34. The van der Waals surface area contributed by atoms with E-state index >= 15 is 0 Å². The van der Waals surface area contributed by atoms with Crippen LogP contribution >= 0.6 is 11.3 Å². The van der Waals surface area contributed by atoms with Crippen molar-refractivity contribution in [2.75, 3.05) is 7.05 Å². The smallest absolute Gasteiger partial charge is 0.242 e. The van der Waals surface area contributed by atoms with Gasteiger partial charge in [0.15, 0.2) is 0 Å². The number of hydrogen-bond donors (Lipinski definition) is 3. The molecular formula is C16H24N4O3S. The van der Waals surface area contributed by atoms with Gasteiger partial charge in [-0.15, -0.1) is 11.3 Å². The Morgan fingerprint density at radius 2 is 2.04 bits per heavy atom. The molecule has 1 heterocycles. The van der Waals surface area contributed by atoms with Crippen LogP contribution in [0.3, 0.4) is 0 Å². The van der Waals surface area contributed by atoms with Crippen LogP contribution < -0.4 is 16.4 Å². The molecule has 0 radical (unpaired) electrons. The first-order valence-electron chi connectivity index (χ1n) is 8.23. The summed E-state index contributed by atoms with van der Waals surface area (Å²) in [6, 6.07) is -0.948. The molecule has 1 aliphatic carbocycles. The minimum Gasteiger partial charge on any atom is -0.370 e. The van der Waals surface area contributed by atoms with Gasteiger partial charge in [0, 0.05) is 18.3 Å². The van der Waals surface area contributed by atoms with E-state index in [2.05, 4.69) is 15.6 Å². The molecule has 1 aromatic heterocycles. The zero-order valence-electron chi connectivity index (χ0n) is 13.8. The van der Waals surface area contributed by atoms with E-state index in [0.29, 0.717) is 11.6 Å². The summed E-state index contributed by atoms with van der Waals surface area (Å²) >= 11 is 1.59. The molecule has 7 nitrogen and oxygen atoms in total. The van der Waals surface area contributed by atoms with Gasteiger partial charge in [0.25, 0.3) is 0 Å². The molecule has 1 atom stereocenters. The molecule has 1 saturated carbocycles. The highest BCUT2D eigenvalue weighted by atomic mass is 32.1. The Hall–Kier alpha value is -1.96. The monoisotopic (exact) mass is 352 g/mol. The van der Waals surface area contributed by atoms with Crippen LogP contribution in [0.5, 0.6) is 0 Å². The van der Waals surface area contributed by atoms with Gasteiger partial charge in [-0.05, 0) is 12.8 Å². The van der Waals surface area contributed by atoms with E-state index in [-0.39, 0.29) is 18.7 Å². The number of primary amides is 1. The average Bonchev–Trinajstić information content (AvgIpc) is 3.02. The lowest BCUT2D eigenvalue weighted by Gasteiger charge is -2.19. The Bertz CT molecular complexity index is 596. The van der Waals surface area contributed by atoms with Gasteiger partial charge < -0.3 is 16.4 Å². The molecule has 0 bridgehead atoms. The normalized spacial score (nSPS) is 16.4. The van der Waals surface area contributed by atoms with Crippen LogP contribution in [0, 0.1) is 0 Å². The van der Waals surface area contributed by atoms with Crippen molar-refractivity contribution in [3.63, 3.8) is 0 Å². The van der Waals surface area contributed by atoms with E-state index in [1.54, 1.807) is 11.3 Å². The van der Waals surface area contributed by atoms with E-state index in [9.17, 15) is 14.4 Å². The first kappa shape index (κ1) is 18.4. The SMILES string of the molecule is CNC(=O)[C@H](CC(N)=O)NC(=O)Cc1csc(C2CCCCC2)n1. The number of thiazole rings is 1. The number of likely N-dealkylation sites (N-methyl/N-ethyl adjacent to an activating group) is 1. The Morgan fingerprint density at radius 1 is 1.33 bits per heavy atom. The number of carbonyl (C=O) groups is 3. The third-order valence-corrected chi connectivity index (χ3v) is 5.23. The molecule has 0 aromatic carbocycles. The van der Waals surface area contributed by atoms with Gasteiger partial charge in [0.05, 0.1) is 23.5 Å². The van der Waals surface area contributed by atoms with Crippen molar-refractivity contribution < 1.29 is 14.4 Å². The van der Waals surface area contributed by atoms with Gasteiger partial charge in [0.2, 0.25) is 17.7 Å². The van der Waals surface area contributed by atoms with E-state index in [1.807, 2.05) is 5.38 Å². The first-order valence-corrected chi connectivity index (χ1v) is 9.11. The van der Waals surface area contributed by atoms with E-state index in [0.717, 1.165) is 17.8 Å². The number of hydrogen-bond acceptors (Lipinski definition) is 5. The molecule has 0 spiro atoms. The highest BCUT2D eigenvalue weighted by Gasteiger charge is 2.23. The van der Waals surface area contributed by atoms with Crippen LogP contribution in [0.2, 0.25) is 0 Å². The fraction of sp³-hybridized carbons (Fsp3) is 0.625. The van der Waals surface area contributed by atoms with Crippen LogP contribution in [0.1, 0.15) is 55.1 Å². The summed E-state index contributed by atoms with van der Waals surface area (Å²) in [5.41, 5.74) is 5.82. The Morgan fingerprint density at radius 3 is 2.67 bits per heavy atom. The fourth-order valence-corrected chi connectivity index (χ4v) is 3.93. The predicted octanol–water partition coefficient (Wildman–Crippen LogP) is 0.839. The summed E-state index contributed by atoms with van der Waals surface area (Å²) in [6.45, 7) is 0. The maximum absolute atomic E-state index is 12.1. The minimum absolute atomic E-state index is 0.0927. The molecule has 8 heteroatoms. The molecule has 132 valence electrons. The largest absolute Gasteiger partial charge is 0.370 e. The van der Waals surface area contributed by atoms with Crippen molar-refractivity contribution in [2.45, 2.75) is 56.9 Å². The zero-order chi connectivity index (χ0) is 17.5. The number of amides is 3. The third kappa shape index (κ3) is 5.30. The van der Waals surface area contributed by atoms with Gasteiger partial charge in [-0.3, -0.25) is 14.4 Å². The van der Waals surface area contributed by atoms with Crippen molar-refractivity contribution in [3.8, 4) is 0 Å². The number of nitrogens with two attached hydrogens (primary N) is 1. The fourth-order valence-electron chi connectivity index (χ4n) is 2.94. The number of aromatic nitrogens is 1. The van der Waals surface area contributed by atoms with E-state index < -0.39 is 17.9 Å². The summed E-state index contributed by atoms with van der Waals surface area (Å²) in [6.07, 6.45) is 5.96. The number of carbonyl (C=O) groups excluding carboxylic acids is 3. The molecule has 0 unspecified atom stereocenters. The van der Waals surface area contributed by atoms with Crippen LogP contribution in [-0.4, -0.2) is 35.8 Å². The summed E-state index contributed by atoms with van der Waals surface area (Å²) in [5, 5.41) is 7.95. The highest BCUT2D eigenvalue weighted by molar-refractivity contribution is 7.09. The van der Waals surface area contributed by atoms with Gasteiger partial charge in [-0.1, -0.05) is 19.3 Å². The number of nitrogens with zero attached hydrogens (tertiary/aromatic N) is 1. The van der Waals surface area contributed by atoms with Crippen LogP contribution in [0.15, 0.2) is 5.38 Å². The Labute approximate surface area is 145 Å². The summed E-state index contributed by atoms with van der Waals surface area (Å²) < 4.78 is 0. The summed E-state index contributed by atoms with van der Waals surface area (Å²) in [7, 11) is 1.44. The maximum atomic E-state index is 12.1. The van der Waals surface area contributed by atoms with Crippen LogP contribution in [0.25, 0.3) is 0 Å². The van der Waals surface area contributed by atoms with Gasteiger partial charge in [-0.2, -0.15) is 0 Å². The predicted molar refractivity (Wildman–Crippen MR) is 91.5 cm³/mol. The summed E-state index contributed by atoms with van der Waals surface area (Å²) in [4.78, 5) is 39.4. The molecule has 2 rings (SSSR count). The van der Waals surface area contributed by atoms with Crippen molar-refractivity contribution in [2.24, 2.45) is 5.73 Å². The second-order valence-electron chi connectivity index (χ2n) is 6.09. The van der Waals surface area contributed by atoms with Crippen LogP contribution in [0.4, 0.5) is 0 Å². The molecule has 4 N–H and O–H groups in total. The van der Waals surface area contributed by atoms with E-state index in [4.69, 9.17) is 5.73 Å². The van der Waals surface area contributed by atoms with Crippen molar-refractivity contribution in [1.29, 1.82) is 0 Å². The molecule has 0 aliphatic heterocycles. The van der Waals surface area contributed by atoms with Gasteiger partial charge in [-0.25, -0.2) is 4.98 Å². The topological polar surface area (TPSA) is 114 Å². The standard InChI is InChI=1S/C16H24N4O3S/c1-18-15(23)12(8-13(17)21)20-14(22)7-11-9-24-16(19-11)10-5-3-2-4-6-10/h9-10,12H,2-8H2,1H3,(H2,17,21)(H,18,23)(H,20,22)/t12-/m0/s1. The lowest BCUT2D eigenvalue weighted by Crippen LogP contribution is -2.48. The molecule has 1 aromatic rings. The van der Waals surface area contributed by atoms with Gasteiger partial charge in [0.1, 0.15) is 6.04 Å². The lowest BCUT2D eigenvalue weighted by molar-refractivity contribution is -0.130. The Balaban J connectivity index is 1.92. The molecule has 0 saturated heterocycles.